The molecule has 0 radical (unpaired) electrons. The van der Waals surface area contributed by atoms with Gasteiger partial charge in [-0.2, -0.15) is 5.26 Å². The van der Waals surface area contributed by atoms with Gasteiger partial charge < -0.3 is 4.90 Å². The third-order valence-corrected chi connectivity index (χ3v) is 4.97. The van der Waals surface area contributed by atoms with Crippen molar-refractivity contribution in [3.63, 3.8) is 0 Å². The van der Waals surface area contributed by atoms with Gasteiger partial charge in [-0.3, -0.25) is 9.69 Å². The molecule has 7 heteroatoms. The van der Waals surface area contributed by atoms with Gasteiger partial charge in [0.1, 0.15) is 10.9 Å². The Morgan fingerprint density at radius 1 is 1.38 bits per heavy atom. The number of aromatic nitrogens is 1. The summed E-state index contributed by atoms with van der Waals surface area (Å²) in [6.45, 7) is 8.64. The summed E-state index contributed by atoms with van der Waals surface area (Å²) in [5.41, 5.74) is 0.689. The van der Waals surface area contributed by atoms with E-state index in [-0.39, 0.29) is 11.9 Å². The molecule has 0 unspecified atom stereocenters. The maximum Gasteiger partial charge on any atom is 0.265 e. The highest BCUT2D eigenvalue weighted by molar-refractivity contribution is 7.17. The van der Waals surface area contributed by atoms with Gasteiger partial charge in [0.15, 0.2) is 4.47 Å². The van der Waals surface area contributed by atoms with E-state index in [0.29, 0.717) is 34.0 Å². The Bertz CT molecular complexity index is 558. The van der Waals surface area contributed by atoms with Crippen LogP contribution in [-0.4, -0.2) is 52.9 Å². The molecule has 0 aromatic carbocycles. The monoisotopic (exact) mass is 326 g/mol. The topological polar surface area (TPSA) is 60.2 Å². The molecule has 2 heterocycles. The Hall–Kier alpha value is -1.16. The predicted octanol–water partition coefficient (Wildman–Crippen LogP) is 2.41. The van der Waals surface area contributed by atoms with E-state index in [1.165, 1.54) is 11.3 Å². The highest BCUT2D eigenvalue weighted by atomic mass is 35.5. The van der Waals surface area contributed by atoms with E-state index in [1.807, 2.05) is 18.7 Å². The second kappa shape index (κ2) is 6.73. The Labute approximate surface area is 134 Å². The summed E-state index contributed by atoms with van der Waals surface area (Å²) in [7, 11) is 0. The maximum absolute atomic E-state index is 12.5. The molecule has 1 atom stereocenters. The van der Waals surface area contributed by atoms with Crippen molar-refractivity contribution in [3.8, 4) is 6.07 Å². The Kier molecular flexibility index (Phi) is 5.20. The molecular weight excluding hydrogens is 308 g/mol. The quantitative estimate of drug-likeness (QED) is 0.855. The Morgan fingerprint density at radius 2 is 2.00 bits per heavy atom. The normalized spacial score (nSPS) is 17.8. The number of halogens is 1. The van der Waals surface area contributed by atoms with Gasteiger partial charge in [-0.1, -0.05) is 36.8 Å². The number of amides is 1. The molecule has 0 bridgehead atoms. The minimum Gasteiger partial charge on any atom is -0.335 e. The number of carbonyl (C=O) groups is 1. The zero-order chi connectivity index (χ0) is 15.6. The van der Waals surface area contributed by atoms with Gasteiger partial charge in [0.05, 0.1) is 11.8 Å². The molecule has 5 nitrogen and oxygen atoms in total. The van der Waals surface area contributed by atoms with Gasteiger partial charge in [0.25, 0.3) is 5.91 Å². The van der Waals surface area contributed by atoms with Crippen molar-refractivity contribution in [3.05, 3.63) is 15.0 Å². The first-order valence-corrected chi connectivity index (χ1v) is 8.19. The summed E-state index contributed by atoms with van der Waals surface area (Å²) >= 11 is 7.09. The molecule has 1 fully saturated rings. The van der Waals surface area contributed by atoms with E-state index in [4.69, 9.17) is 11.6 Å². The standard InChI is InChI=1S/C14H19ClN4OS/c1-9(2)11(8-16)18-4-6-19(7-5-18)13(20)12-10(3)17-14(15)21-12/h9,11H,4-7H2,1-3H3/t11-/m1/s1. The van der Waals surface area contributed by atoms with Crippen molar-refractivity contribution in [1.82, 2.24) is 14.8 Å². The van der Waals surface area contributed by atoms with E-state index < -0.39 is 0 Å². The molecule has 1 amide bonds. The summed E-state index contributed by atoms with van der Waals surface area (Å²) < 4.78 is 0.402. The van der Waals surface area contributed by atoms with E-state index in [9.17, 15) is 10.1 Å². The summed E-state index contributed by atoms with van der Waals surface area (Å²) in [6, 6.07) is 2.27. The van der Waals surface area contributed by atoms with E-state index in [0.717, 1.165) is 13.1 Å². The second-order valence-corrected chi connectivity index (χ2v) is 7.11. The number of hydrogen-bond acceptors (Lipinski definition) is 5. The summed E-state index contributed by atoms with van der Waals surface area (Å²) in [6.07, 6.45) is 0. The van der Waals surface area contributed by atoms with Crippen LogP contribution in [0.5, 0.6) is 0 Å². The minimum atomic E-state index is -0.0816. The molecule has 1 aliphatic heterocycles. The van der Waals surface area contributed by atoms with Crippen molar-refractivity contribution >= 4 is 28.8 Å². The number of carbonyl (C=O) groups excluding carboxylic acids is 1. The molecular formula is C14H19ClN4OS. The van der Waals surface area contributed by atoms with Crippen LogP contribution >= 0.6 is 22.9 Å². The van der Waals surface area contributed by atoms with Crippen LogP contribution in [0.15, 0.2) is 0 Å². The first-order chi connectivity index (χ1) is 9.93. The number of nitriles is 1. The highest BCUT2D eigenvalue weighted by Gasteiger charge is 2.29. The van der Waals surface area contributed by atoms with E-state index >= 15 is 0 Å². The van der Waals surface area contributed by atoms with E-state index in [2.05, 4.69) is 16.0 Å². The van der Waals surface area contributed by atoms with E-state index in [1.54, 1.807) is 6.92 Å². The number of rotatable bonds is 3. The molecule has 2 rings (SSSR count). The van der Waals surface area contributed by atoms with Crippen LogP contribution in [-0.2, 0) is 0 Å². The molecule has 1 aromatic heterocycles. The van der Waals surface area contributed by atoms with Crippen LogP contribution in [0.25, 0.3) is 0 Å². The smallest absolute Gasteiger partial charge is 0.265 e. The first kappa shape index (κ1) is 16.2. The lowest BCUT2D eigenvalue weighted by molar-refractivity contribution is 0.0580. The molecule has 0 spiro atoms. The summed E-state index contributed by atoms with van der Waals surface area (Å²) in [5.74, 6) is 0.286. The average molecular weight is 327 g/mol. The highest BCUT2D eigenvalue weighted by Crippen LogP contribution is 2.24. The van der Waals surface area contributed by atoms with Crippen LogP contribution in [0.3, 0.4) is 0 Å². The molecule has 1 saturated heterocycles. The number of aryl methyl sites for hydroxylation is 1. The third kappa shape index (κ3) is 3.54. The largest absolute Gasteiger partial charge is 0.335 e. The van der Waals surface area contributed by atoms with Crippen molar-refractivity contribution in [2.75, 3.05) is 26.2 Å². The maximum atomic E-state index is 12.5. The van der Waals surface area contributed by atoms with Crippen LogP contribution in [0.4, 0.5) is 0 Å². The lowest BCUT2D eigenvalue weighted by Gasteiger charge is -2.38. The van der Waals surface area contributed by atoms with Crippen LogP contribution in [0, 0.1) is 24.2 Å². The third-order valence-electron chi connectivity index (χ3n) is 3.72. The van der Waals surface area contributed by atoms with Crippen molar-refractivity contribution < 1.29 is 4.79 Å². The van der Waals surface area contributed by atoms with Crippen molar-refractivity contribution in [2.45, 2.75) is 26.8 Å². The fourth-order valence-electron chi connectivity index (χ4n) is 2.56. The number of hydrogen-bond donors (Lipinski definition) is 0. The van der Waals surface area contributed by atoms with Gasteiger partial charge in [0.2, 0.25) is 0 Å². The van der Waals surface area contributed by atoms with Crippen LogP contribution < -0.4 is 0 Å². The van der Waals surface area contributed by atoms with Gasteiger partial charge in [-0.05, 0) is 12.8 Å². The summed E-state index contributed by atoms with van der Waals surface area (Å²) in [5, 5.41) is 9.25. The SMILES string of the molecule is Cc1nc(Cl)sc1C(=O)N1CCN([C@H](C#N)C(C)C)CC1. The van der Waals surface area contributed by atoms with Crippen LogP contribution in [0.1, 0.15) is 29.2 Å². The number of piperazine rings is 1. The molecule has 114 valence electrons. The van der Waals surface area contributed by atoms with Gasteiger partial charge >= 0.3 is 0 Å². The van der Waals surface area contributed by atoms with Crippen molar-refractivity contribution in [1.29, 1.82) is 5.26 Å². The van der Waals surface area contributed by atoms with Gasteiger partial charge in [-0.15, -0.1) is 0 Å². The van der Waals surface area contributed by atoms with Crippen molar-refractivity contribution in [2.24, 2.45) is 5.92 Å². The fourth-order valence-corrected chi connectivity index (χ4v) is 3.68. The minimum absolute atomic E-state index is 0.00500. The zero-order valence-corrected chi connectivity index (χ0v) is 14.0. The van der Waals surface area contributed by atoms with Gasteiger partial charge in [0, 0.05) is 26.2 Å². The number of thiazole rings is 1. The fraction of sp³-hybridized carbons (Fsp3) is 0.643. The lowest BCUT2D eigenvalue weighted by atomic mass is 10.0. The molecule has 0 saturated carbocycles. The molecule has 1 aliphatic rings. The summed E-state index contributed by atoms with van der Waals surface area (Å²) in [4.78, 5) is 21.2. The number of nitrogens with zero attached hydrogens (tertiary/aromatic N) is 4. The average Bonchev–Trinajstić information content (AvgIpc) is 2.78. The molecule has 0 N–H and O–H groups in total. The lowest BCUT2D eigenvalue weighted by Crippen LogP contribution is -2.52. The second-order valence-electron chi connectivity index (χ2n) is 5.53. The molecule has 21 heavy (non-hydrogen) atoms. The van der Waals surface area contributed by atoms with Gasteiger partial charge in [-0.25, -0.2) is 4.98 Å². The molecule has 0 aliphatic carbocycles. The predicted molar refractivity (Wildman–Crippen MR) is 83.6 cm³/mol. The Balaban J connectivity index is 2.00. The zero-order valence-electron chi connectivity index (χ0n) is 12.5. The molecule has 1 aromatic rings. The Morgan fingerprint density at radius 3 is 2.43 bits per heavy atom. The van der Waals surface area contributed by atoms with Crippen LogP contribution in [0.2, 0.25) is 4.47 Å². The first-order valence-electron chi connectivity index (χ1n) is 7.00.